The molecular weight excluding hydrogens is 693 g/mol. The third kappa shape index (κ3) is 5.92. The summed E-state index contributed by atoms with van der Waals surface area (Å²) < 4.78 is 0. The molecule has 0 radical (unpaired) electrons. The molecule has 2 amide bonds. The second kappa shape index (κ2) is 12.2. The zero-order chi connectivity index (χ0) is 32.2. The van der Waals surface area contributed by atoms with Gasteiger partial charge in [0.05, 0.1) is 22.5 Å². The minimum atomic E-state index is -0.105. The Morgan fingerprint density at radius 2 is 1.43 bits per heavy atom. The Morgan fingerprint density at radius 3 is 2.07 bits per heavy atom. The third-order valence-corrected chi connectivity index (χ3v) is 11.5. The number of nitrogens with one attached hydrogen (secondary N) is 3. The van der Waals surface area contributed by atoms with Crippen molar-refractivity contribution in [1.29, 1.82) is 0 Å². The van der Waals surface area contributed by atoms with Crippen molar-refractivity contribution in [3.63, 3.8) is 0 Å². The molecule has 12 heteroatoms. The number of alkyl halides is 1. The lowest BCUT2D eigenvalue weighted by atomic mass is 9.71. The minimum Gasteiger partial charge on any atom is -0.357 e. The third-order valence-electron chi connectivity index (χ3n) is 10.3. The van der Waals surface area contributed by atoms with Gasteiger partial charge in [-0.3, -0.25) is 19.2 Å². The number of piperidine rings is 1. The number of halogens is 3. The summed E-state index contributed by atoms with van der Waals surface area (Å²) in [7, 11) is 0. The first-order valence-electron chi connectivity index (χ1n) is 15.9. The number of carbonyl (C=O) groups excluding carboxylic acids is 4. The number of fused-ring (bicyclic) bond motifs is 6. The van der Waals surface area contributed by atoms with Crippen LogP contribution < -0.4 is 10.6 Å². The zero-order valence-electron chi connectivity index (χ0n) is 25.2. The maximum atomic E-state index is 12.6. The summed E-state index contributed by atoms with van der Waals surface area (Å²) in [6.07, 6.45) is 15.2. The van der Waals surface area contributed by atoms with Crippen LogP contribution in [0.4, 0.5) is 0 Å². The van der Waals surface area contributed by atoms with Gasteiger partial charge in [0.1, 0.15) is 16.1 Å². The average Bonchev–Trinajstić information content (AvgIpc) is 3.37. The SMILES string of the molecule is O=C1CC(=O)NC2(CCC2)C1.O=C1NC2(CCC2)Cc2[nH]c3c(c21)CCc1cnc(Cl)cc1-3.O=C1c2cc(Cl)ncc2CCC1Br. The predicted octanol–water partition coefficient (Wildman–Crippen LogP) is 6.05. The van der Waals surface area contributed by atoms with Crippen molar-refractivity contribution in [2.75, 3.05) is 0 Å². The number of aryl methyl sites for hydroxylation is 2. The number of aromatic amines is 1. The van der Waals surface area contributed by atoms with Gasteiger partial charge >= 0.3 is 0 Å². The number of hydrogen-bond acceptors (Lipinski definition) is 6. The van der Waals surface area contributed by atoms with Crippen LogP contribution in [0.3, 0.4) is 0 Å². The summed E-state index contributed by atoms with van der Waals surface area (Å²) in [6.45, 7) is 0. The van der Waals surface area contributed by atoms with Crippen molar-refractivity contribution in [2.24, 2.45) is 0 Å². The second-order valence-electron chi connectivity index (χ2n) is 13.4. The number of carbonyl (C=O) groups is 4. The van der Waals surface area contributed by atoms with Crippen molar-refractivity contribution in [3.8, 4) is 11.3 Å². The fourth-order valence-corrected chi connectivity index (χ4v) is 8.39. The Morgan fingerprint density at radius 1 is 0.804 bits per heavy atom. The van der Waals surface area contributed by atoms with Crippen LogP contribution in [0.1, 0.15) is 101 Å². The summed E-state index contributed by atoms with van der Waals surface area (Å²) in [6, 6.07) is 3.56. The quantitative estimate of drug-likeness (QED) is 0.147. The number of nitrogens with zero attached hydrogens (tertiary/aromatic N) is 2. The molecule has 1 atom stereocenters. The predicted molar refractivity (Wildman–Crippen MR) is 178 cm³/mol. The Kier molecular flexibility index (Phi) is 8.34. The maximum Gasteiger partial charge on any atom is 0.253 e. The molecule has 2 spiro atoms. The molecule has 1 saturated heterocycles. The van der Waals surface area contributed by atoms with Gasteiger partial charge in [-0.2, -0.15) is 0 Å². The van der Waals surface area contributed by atoms with Gasteiger partial charge in [0.25, 0.3) is 5.91 Å². The van der Waals surface area contributed by atoms with Gasteiger partial charge < -0.3 is 15.6 Å². The van der Waals surface area contributed by atoms with Crippen LogP contribution in [-0.2, 0) is 35.3 Å². The number of H-pyrrole nitrogens is 1. The molecule has 0 bridgehead atoms. The molecular formula is C34H34BrCl2N5O4. The van der Waals surface area contributed by atoms with Gasteiger partial charge in [-0.1, -0.05) is 39.1 Å². The summed E-state index contributed by atoms with van der Waals surface area (Å²) in [4.78, 5) is 57.9. The van der Waals surface area contributed by atoms with Crippen LogP contribution in [0.15, 0.2) is 24.5 Å². The molecule has 0 aromatic carbocycles. The molecule has 4 aliphatic carbocycles. The molecule has 2 aliphatic heterocycles. The molecule has 5 heterocycles. The molecule has 9 rings (SSSR count). The van der Waals surface area contributed by atoms with Crippen molar-refractivity contribution in [1.82, 2.24) is 25.6 Å². The molecule has 240 valence electrons. The van der Waals surface area contributed by atoms with Crippen LogP contribution in [0.25, 0.3) is 11.3 Å². The van der Waals surface area contributed by atoms with Crippen molar-refractivity contribution < 1.29 is 19.2 Å². The number of pyridine rings is 2. The molecule has 1 unspecified atom stereocenters. The summed E-state index contributed by atoms with van der Waals surface area (Å²) in [5, 5.41) is 7.04. The van der Waals surface area contributed by atoms with Crippen LogP contribution >= 0.6 is 39.1 Å². The molecule has 9 nitrogen and oxygen atoms in total. The van der Waals surface area contributed by atoms with Gasteiger partial charge in [0.15, 0.2) is 5.78 Å². The van der Waals surface area contributed by atoms with E-state index in [9.17, 15) is 19.2 Å². The van der Waals surface area contributed by atoms with Gasteiger partial charge in [0.2, 0.25) is 5.91 Å². The van der Waals surface area contributed by atoms with Crippen LogP contribution in [0.5, 0.6) is 0 Å². The smallest absolute Gasteiger partial charge is 0.253 e. The number of rotatable bonds is 0. The van der Waals surface area contributed by atoms with E-state index in [-0.39, 0.29) is 45.7 Å². The molecule has 3 aromatic heterocycles. The highest BCUT2D eigenvalue weighted by Gasteiger charge is 2.45. The number of amides is 2. The summed E-state index contributed by atoms with van der Waals surface area (Å²) >= 11 is 15.1. The highest BCUT2D eigenvalue weighted by Crippen LogP contribution is 2.43. The topological polar surface area (TPSA) is 134 Å². The van der Waals surface area contributed by atoms with Crippen LogP contribution in [0, 0.1) is 0 Å². The minimum absolute atomic E-state index is 0.0102. The molecule has 46 heavy (non-hydrogen) atoms. The Hall–Kier alpha value is -3.08. The van der Waals surface area contributed by atoms with Gasteiger partial charge in [0, 0.05) is 53.1 Å². The van der Waals surface area contributed by atoms with Crippen molar-refractivity contribution in [2.45, 2.75) is 99.4 Å². The largest absolute Gasteiger partial charge is 0.357 e. The van der Waals surface area contributed by atoms with Crippen LogP contribution in [0.2, 0.25) is 10.3 Å². The first-order valence-corrected chi connectivity index (χ1v) is 17.6. The number of hydrogen-bond donors (Lipinski definition) is 3. The van der Waals surface area contributed by atoms with E-state index in [0.29, 0.717) is 22.3 Å². The zero-order valence-corrected chi connectivity index (χ0v) is 28.3. The first kappa shape index (κ1) is 31.5. The lowest BCUT2D eigenvalue weighted by molar-refractivity contribution is -0.136. The van der Waals surface area contributed by atoms with Crippen molar-refractivity contribution in [3.05, 3.63) is 68.3 Å². The van der Waals surface area contributed by atoms with E-state index in [1.165, 1.54) is 12.0 Å². The Balaban J connectivity index is 0.000000120. The number of aromatic nitrogens is 3. The monoisotopic (exact) mass is 725 g/mol. The van der Waals surface area contributed by atoms with Gasteiger partial charge in [-0.15, -0.1) is 0 Å². The van der Waals surface area contributed by atoms with E-state index in [0.717, 1.165) is 97.8 Å². The fraction of sp³-hybridized carbons (Fsp3) is 0.471. The normalized spacial score (nSPS) is 22.6. The molecule has 3 aromatic rings. The maximum absolute atomic E-state index is 12.6. The van der Waals surface area contributed by atoms with E-state index in [1.54, 1.807) is 12.3 Å². The fourth-order valence-electron chi connectivity index (χ4n) is 7.60. The van der Waals surface area contributed by atoms with E-state index in [1.807, 2.05) is 12.3 Å². The van der Waals surface area contributed by atoms with E-state index in [4.69, 9.17) is 23.2 Å². The lowest BCUT2D eigenvalue weighted by Crippen LogP contribution is -2.58. The van der Waals surface area contributed by atoms with Gasteiger partial charge in [-0.05, 0) is 93.0 Å². The first-order chi connectivity index (χ1) is 22.0. The van der Waals surface area contributed by atoms with E-state index < -0.39 is 0 Å². The van der Waals surface area contributed by atoms with E-state index >= 15 is 0 Å². The number of Topliss-reactive ketones (excluding diaryl/α,β-unsaturated/α-hetero) is 2. The standard InChI is InChI=1S/C17H16ClN3O.C9H7BrClNO.C8H11NO2/c18-13-6-11-9(8-19-13)2-3-10-14-12(20-15(10)11)7-17(4-1-5-17)21-16(14)22;10-7-2-1-5-4-12-8(11)3-6(5)9(7)13;10-6-4-7(11)9-8(5-6)2-1-3-8/h6,8,20H,1-5,7H2,(H,21,22);3-4,7H,1-2H2;1-5H2,(H,9,11). The Labute approximate surface area is 285 Å². The Bertz CT molecular complexity index is 1760. The summed E-state index contributed by atoms with van der Waals surface area (Å²) in [5.41, 5.74) is 8.14. The number of ketones is 2. The highest BCUT2D eigenvalue weighted by atomic mass is 79.9. The summed E-state index contributed by atoms with van der Waals surface area (Å²) in [5.74, 6) is 0.238. The molecule has 6 aliphatic rings. The highest BCUT2D eigenvalue weighted by molar-refractivity contribution is 9.10. The second-order valence-corrected chi connectivity index (χ2v) is 15.2. The molecule has 3 fully saturated rings. The van der Waals surface area contributed by atoms with Crippen molar-refractivity contribution >= 4 is 62.5 Å². The average molecular weight is 727 g/mol. The van der Waals surface area contributed by atoms with Gasteiger partial charge in [-0.25, -0.2) is 9.97 Å². The lowest BCUT2D eigenvalue weighted by Gasteiger charge is -2.45. The van der Waals surface area contributed by atoms with E-state index in [2.05, 4.69) is 41.5 Å². The molecule has 3 N–H and O–H groups in total. The molecule has 2 saturated carbocycles. The van der Waals surface area contributed by atoms with Crippen LogP contribution in [-0.4, -0.2) is 54.2 Å².